The third kappa shape index (κ3) is 5.50. The highest BCUT2D eigenvalue weighted by molar-refractivity contribution is 6.02. The number of hydrogen-bond acceptors (Lipinski definition) is 6. The quantitative estimate of drug-likeness (QED) is 0.299. The number of anilines is 1. The van der Waals surface area contributed by atoms with E-state index in [9.17, 15) is 13.6 Å². The van der Waals surface area contributed by atoms with Gasteiger partial charge in [-0.25, -0.2) is 4.39 Å². The van der Waals surface area contributed by atoms with Crippen LogP contribution in [0.15, 0.2) is 36.4 Å². The molecule has 0 bridgehead atoms. The maximum Gasteiger partial charge on any atom is 0.586 e. The average Bonchev–Trinajstić information content (AvgIpc) is 3.33. The summed E-state index contributed by atoms with van der Waals surface area (Å²) < 4.78 is 68.2. The van der Waals surface area contributed by atoms with Gasteiger partial charge in [-0.05, 0) is 62.9 Å². The van der Waals surface area contributed by atoms with Crippen LogP contribution < -0.4 is 14.8 Å². The van der Waals surface area contributed by atoms with E-state index >= 15 is 4.39 Å². The molecule has 1 aliphatic carbocycles. The number of ether oxygens (including phenoxy) is 5. The summed E-state index contributed by atoms with van der Waals surface area (Å²) in [4.78, 5) is 16.6. The molecule has 2 fully saturated rings. The first-order valence-electron chi connectivity index (χ1n) is 13.7. The van der Waals surface area contributed by atoms with Crippen LogP contribution in [-0.4, -0.2) is 48.9 Å². The Labute approximate surface area is 235 Å². The van der Waals surface area contributed by atoms with Crippen LogP contribution in [0.1, 0.15) is 58.2 Å². The third-order valence-electron chi connectivity index (χ3n) is 8.07. The normalized spacial score (nSPS) is 21.8. The smallest absolute Gasteiger partial charge is 0.395 e. The van der Waals surface area contributed by atoms with E-state index in [0.29, 0.717) is 50.2 Å². The van der Waals surface area contributed by atoms with Gasteiger partial charge in [-0.15, -0.1) is 8.78 Å². The summed E-state index contributed by atoms with van der Waals surface area (Å²) in [6.45, 7) is 9.37. The van der Waals surface area contributed by atoms with Gasteiger partial charge in [-0.3, -0.25) is 4.79 Å². The van der Waals surface area contributed by atoms with Gasteiger partial charge in [-0.2, -0.15) is 0 Å². The summed E-state index contributed by atoms with van der Waals surface area (Å²) in [5.41, 5.74) is 0.848. The van der Waals surface area contributed by atoms with Gasteiger partial charge in [0, 0.05) is 34.7 Å². The number of carbonyl (C=O) groups is 1. The van der Waals surface area contributed by atoms with Crippen LogP contribution in [-0.2, 0) is 29.8 Å². The van der Waals surface area contributed by atoms with Crippen LogP contribution in [0.5, 0.6) is 11.5 Å². The Bertz CT molecular complexity index is 1500. The molecule has 0 spiro atoms. The first kappa shape index (κ1) is 27.9. The minimum atomic E-state index is -3.74. The van der Waals surface area contributed by atoms with Gasteiger partial charge in [-0.1, -0.05) is 19.9 Å². The number of aromatic nitrogens is 1. The highest BCUT2D eigenvalue weighted by Crippen LogP contribution is 2.52. The average molecular weight is 575 g/mol. The minimum Gasteiger partial charge on any atom is -0.395 e. The fourth-order valence-corrected chi connectivity index (χ4v) is 5.40. The molecule has 6 rings (SSSR count). The van der Waals surface area contributed by atoms with Crippen LogP contribution in [0.2, 0.25) is 0 Å². The van der Waals surface area contributed by atoms with Crippen LogP contribution in [0.3, 0.4) is 0 Å². The molecule has 0 radical (unpaired) electrons. The summed E-state index contributed by atoms with van der Waals surface area (Å²) in [6.07, 6.45) is -2.12. The van der Waals surface area contributed by atoms with Crippen molar-refractivity contribution in [3.05, 3.63) is 53.5 Å². The summed E-state index contributed by atoms with van der Waals surface area (Å²) in [6, 6.07) is 9.23. The molecule has 1 unspecified atom stereocenters. The molecule has 1 atom stereocenters. The predicted octanol–water partition coefficient (Wildman–Crippen LogP) is 6.13. The van der Waals surface area contributed by atoms with Crippen LogP contribution in [0.4, 0.5) is 18.9 Å². The van der Waals surface area contributed by atoms with E-state index in [-0.39, 0.29) is 28.7 Å². The molecule has 3 aliphatic rings. The highest BCUT2D eigenvalue weighted by Gasteiger charge is 2.53. The van der Waals surface area contributed by atoms with E-state index in [4.69, 9.17) is 14.2 Å². The van der Waals surface area contributed by atoms with Gasteiger partial charge in [0.1, 0.15) is 11.9 Å². The second-order valence-electron chi connectivity index (χ2n) is 12.1. The van der Waals surface area contributed by atoms with Gasteiger partial charge in [0.05, 0.1) is 24.3 Å². The van der Waals surface area contributed by atoms with Gasteiger partial charge in [0.2, 0.25) is 5.91 Å². The Balaban J connectivity index is 1.12. The maximum absolute atomic E-state index is 15.1. The lowest BCUT2D eigenvalue weighted by Gasteiger charge is -2.24. The number of halogens is 3. The van der Waals surface area contributed by atoms with E-state index in [1.807, 2.05) is 19.9 Å². The highest BCUT2D eigenvalue weighted by atomic mass is 19.3. The van der Waals surface area contributed by atoms with Crippen molar-refractivity contribution in [1.29, 1.82) is 0 Å². The van der Waals surface area contributed by atoms with Crippen molar-refractivity contribution >= 4 is 22.5 Å². The summed E-state index contributed by atoms with van der Waals surface area (Å²) >= 11 is 0. The predicted molar refractivity (Wildman–Crippen MR) is 144 cm³/mol. The molecule has 1 aromatic heterocycles. The number of benzene rings is 2. The molecule has 2 N–H and O–H groups in total. The zero-order valence-electron chi connectivity index (χ0n) is 23.4. The molecule has 2 aliphatic heterocycles. The maximum atomic E-state index is 15.1. The fraction of sp³-hybridized carbons (Fsp3) is 0.500. The Morgan fingerprint density at radius 2 is 1.88 bits per heavy atom. The number of nitrogens with one attached hydrogen (secondary N) is 2. The largest absolute Gasteiger partial charge is 0.586 e. The molecule has 1 saturated carbocycles. The molecule has 11 heteroatoms. The molecule has 41 heavy (non-hydrogen) atoms. The van der Waals surface area contributed by atoms with Crippen molar-refractivity contribution < 1.29 is 41.7 Å². The van der Waals surface area contributed by atoms with E-state index in [1.165, 1.54) is 18.2 Å². The molecular weight excluding hydrogens is 541 g/mol. The van der Waals surface area contributed by atoms with Crippen molar-refractivity contribution in [3.63, 3.8) is 0 Å². The summed E-state index contributed by atoms with van der Waals surface area (Å²) in [5, 5.41) is 3.47. The number of fused-ring (bicyclic) bond motifs is 2. The lowest BCUT2D eigenvalue weighted by molar-refractivity contribution is -0.286. The second kappa shape index (κ2) is 9.64. The lowest BCUT2D eigenvalue weighted by Crippen LogP contribution is -2.28. The van der Waals surface area contributed by atoms with Gasteiger partial charge in [0.15, 0.2) is 17.3 Å². The van der Waals surface area contributed by atoms with E-state index in [2.05, 4.69) is 33.6 Å². The molecule has 220 valence electrons. The van der Waals surface area contributed by atoms with Gasteiger partial charge < -0.3 is 34.0 Å². The third-order valence-corrected chi connectivity index (χ3v) is 8.07. The first-order chi connectivity index (χ1) is 19.3. The van der Waals surface area contributed by atoms with Crippen molar-refractivity contribution in [2.24, 2.45) is 0 Å². The van der Waals surface area contributed by atoms with Crippen molar-refractivity contribution in [3.8, 4) is 11.5 Å². The molecule has 2 aromatic carbocycles. The van der Waals surface area contributed by atoms with Crippen molar-refractivity contribution in [1.82, 2.24) is 4.98 Å². The van der Waals surface area contributed by atoms with Crippen molar-refractivity contribution in [2.45, 2.75) is 76.0 Å². The Hall–Kier alpha value is -3.28. The first-order valence-corrected chi connectivity index (χ1v) is 13.7. The fourth-order valence-electron chi connectivity index (χ4n) is 5.40. The van der Waals surface area contributed by atoms with Crippen molar-refractivity contribution in [2.75, 3.05) is 25.1 Å². The Morgan fingerprint density at radius 1 is 1.12 bits per heavy atom. The SMILES string of the molecule is CC1(C)OCC(COCCC(C)(C)c2cc3cc(NC(=O)C4(c5ccc6c(c5)OC(F)(F)O6)CC4)c(F)cc3[nH]2)O1. The summed E-state index contributed by atoms with van der Waals surface area (Å²) in [5.74, 6) is -1.79. The van der Waals surface area contributed by atoms with E-state index in [0.717, 1.165) is 11.1 Å². The number of hydrogen-bond donors (Lipinski definition) is 2. The molecule has 1 saturated heterocycles. The molecular formula is C30H33F3N2O6. The standard InChI is InChI=1S/C30H33F3N2O6/c1-27(2,9-10-37-15-19-16-38-28(3,4)39-19)25-12-17-11-22(20(31)14-21(17)34-25)35-26(36)29(7-8-29)18-5-6-23-24(13-18)41-30(32,33)40-23/h5-6,11-14,19,34H,7-10,15-16H2,1-4H3,(H,35,36). The Kier molecular flexibility index (Phi) is 6.55. The van der Waals surface area contributed by atoms with E-state index in [1.54, 1.807) is 12.1 Å². The molecule has 8 nitrogen and oxygen atoms in total. The van der Waals surface area contributed by atoms with Gasteiger partial charge in [0.25, 0.3) is 0 Å². The number of carbonyl (C=O) groups excluding carboxylic acids is 1. The monoisotopic (exact) mass is 574 g/mol. The zero-order valence-corrected chi connectivity index (χ0v) is 23.4. The zero-order chi connectivity index (χ0) is 29.2. The minimum absolute atomic E-state index is 0.0504. The Morgan fingerprint density at radius 3 is 2.59 bits per heavy atom. The van der Waals surface area contributed by atoms with Gasteiger partial charge >= 0.3 is 6.29 Å². The number of H-pyrrole nitrogens is 1. The van der Waals surface area contributed by atoms with Crippen LogP contribution >= 0.6 is 0 Å². The molecule has 3 aromatic rings. The van der Waals surface area contributed by atoms with Crippen LogP contribution in [0.25, 0.3) is 10.9 Å². The topological polar surface area (TPSA) is 91.0 Å². The van der Waals surface area contributed by atoms with E-state index < -0.39 is 29.2 Å². The lowest BCUT2D eigenvalue weighted by atomic mass is 9.86. The molecule has 1 amide bonds. The molecule has 3 heterocycles. The van der Waals surface area contributed by atoms with Crippen LogP contribution in [0, 0.1) is 5.82 Å². The second-order valence-corrected chi connectivity index (χ2v) is 12.1. The number of alkyl halides is 2. The summed E-state index contributed by atoms with van der Waals surface area (Å²) in [7, 11) is 0. The number of rotatable bonds is 9. The number of amides is 1. The number of aromatic amines is 1.